The number of amides is 3. The number of imidazole rings is 1. The zero-order valence-electron chi connectivity index (χ0n) is 20.7. The van der Waals surface area contributed by atoms with Crippen LogP contribution in [0.1, 0.15) is 22.5 Å². The Balaban J connectivity index is 1.36. The van der Waals surface area contributed by atoms with Gasteiger partial charge < -0.3 is 14.5 Å². The summed E-state index contributed by atoms with van der Waals surface area (Å²) < 4.78 is 7.29. The van der Waals surface area contributed by atoms with Gasteiger partial charge in [-0.1, -0.05) is 24.3 Å². The quantitative estimate of drug-likeness (QED) is 0.539. The minimum Gasteiger partial charge on any atom is -0.378 e. The molecule has 38 heavy (non-hydrogen) atoms. The fourth-order valence-electron chi connectivity index (χ4n) is 5.85. The molecule has 1 fully saturated rings. The van der Waals surface area contributed by atoms with Crippen molar-refractivity contribution < 1.29 is 19.1 Å². The predicted octanol–water partition coefficient (Wildman–Crippen LogP) is 1.62. The second-order valence-electron chi connectivity index (χ2n) is 9.69. The molecule has 4 aliphatic heterocycles. The lowest BCUT2D eigenvalue weighted by Crippen LogP contribution is -2.49. The van der Waals surface area contributed by atoms with Gasteiger partial charge in [-0.3, -0.25) is 29.1 Å². The molecule has 1 aromatic carbocycles. The Kier molecular flexibility index (Phi) is 5.05. The molecule has 1 atom stereocenters. The molecule has 4 aliphatic rings. The molecule has 2 aromatic heterocycles. The third-order valence-corrected chi connectivity index (χ3v) is 7.57. The van der Waals surface area contributed by atoms with Crippen molar-refractivity contribution in [3.8, 4) is 0 Å². The highest BCUT2D eigenvalue weighted by Gasteiger charge is 2.42. The molecule has 1 unspecified atom stereocenters. The van der Waals surface area contributed by atoms with E-state index in [4.69, 9.17) is 4.74 Å². The van der Waals surface area contributed by atoms with Crippen LogP contribution >= 0.6 is 0 Å². The number of carbonyl (C=O) groups excluding carboxylic acids is 3. The van der Waals surface area contributed by atoms with Crippen LogP contribution in [0.4, 0.5) is 5.69 Å². The number of morpholine rings is 1. The zero-order valence-corrected chi connectivity index (χ0v) is 20.7. The van der Waals surface area contributed by atoms with Crippen molar-refractivity contribution in [2.45, 2.75) is 19.4 Å². The fraction of sp³-hybridized carbons (Fsp3) is 0.250. The van der Waals surface area contributed by atoms with Gasteiger partial charge in [-0.05, 0) is 24.6 Å². The van der Waals surface area contributed by atoms with Crippen molar-refractivity contribution in [1.29, 1.82) is 0 Å². The number of imide groups is 1. The molecule has 1 saturated heterocycles. The Morgan fingerprint density at radius 2 is 1.84 bits per heavy atom. The van der Waals surface area contributed by atoms with Gasteiger partial charge in [0, 0.05) is 43.2 Å². The largest absolute Gasteiger partial charge is 0.378 e. The number of benzene rings is 1. The molecule has 3 amide bonds. The molecule has 0 saturated carbocycles. The van der Waals surface area contributed by atoms with Crippen LogP contribution < -0.4 is 10.2 Å². The summed E-state index contributed by atoms with van der Waals surface area (Å²) in [6, 6.07) is 11.0. The van der Waals surface area contributed by atoms with E-state index in [0.717, 1.165) is 16.9 Å². The number of aromatic nitrogens is 2. The summed E-state index contributed by atoms with van der Waals surface area (Å²) in [6.45, 7) is 4.11. The maximum atomic E-state index is 13.5. The highest BCUT2D eigenvalue weighted by atomic mass is 16.5. The molecule has 0 radical (unpaired) electrons. The number of para-hydroxylation sites is 1. The van der Waals surface area contributed by atoms with E-state index >= 15 is 0 Å². The summed E-state index contributed by atoms with van der Waals surface area (Å²) >= 11 is 0. The molecular weight excluding hydrogens is 484 g/mol. The van der Waals surface area contributed by atoms with Crippen molar-refractivity contribution in [1.82, 2.24) is 19.6 Å². The molecule has 6 heterocycles. The van der Waals surface area contributed by atoms with Gasteiger partial charge in [0.15, 0.2) is 0 Å². The summed E-state index contributed by atoms with van der Waals surface area (Å²) in [4.78, 5) is 52.9. The highest BCUT2D eigenvalue weighted by molar-refractivity contribution is 6.47. The third-order valence-electron chi connectivity index (χ3n) is 7.57. The first-order chi connectivity index (χ1) is 18.5. The SMILES string of the molecule is Cc1cccc2ncc(C3=C(C4=NC=CN5c6c(cccc64)CC5C(=O)N4CCOCC4)C(=O)NC3=O)n12. The third kappa shape index (κ3) is 3.26. The lowest BCUT2D eigenvalue weighted by molar-refractivity contribution is -0.136. The summed E-state index contributed by atoms with van der Waals surface area (Å²) in [5, 5.41) is 2.47. The number of nitrogens with one attached hydrogen (secondary N) is 1. The zero-order chi connectivity index (χ0) is 26.0. The van der Waals surface area contributed by atoms with Crippen LogP contribution in [0.25, 0.3) is 11.2 Å². The van der Waals surface area contributed by atoms with Gasteiger partial charge in [0.25, 0.3) is 11.8 Å². The number of ether oxygens (including phenoxy) is 1. The Morgan fingerprint density at radius 1 is 1.05 bits per heavy atom. The molecule has 0 aliphatic carbocycles. The number of pyridine rings is 1. The first kappa shape index (κ1) is 22.6. The number of rotatable bonds is 3. The van der Waals surface area contributed by atoms with Gasteiger partial charge in [0.2, 0.25) is 5.91 Å². The summed E-state index contributed by atoms with van der Waals surface area (Å²) in [5.41, 5.74) is 5.43. The number of hydrogen-bond donors (Lipinski definition) is 1. The van der Waals surface area contributed by atoms with E-state index < -0.39 is 17.9 Å². The van der Waals surface area contributed by atoms with Crippen LogP contribution in [0.15, 0.2) is 65.6 Å². The maximum Gasteiger partial charge on any atom is 0.261 e. The molecule has 190 valence electrons. The van der Waals surface area contributed by atoms with E-state index in [1.807, 2.05) is 57.5 Å². The molecule has 10 heteroatoms. The van der Waals surface area contributed by atoms with Gasteiger partial charge >= 0.3 is 0 Å². The number of anilines is 1. The number of nitrogens with zero attached hydrogens (tertiary/aromatic N) is 5. The second kappa shape index (κ2) is 8.49. The van der Waals surface area contributed by atoms with Crippen molar-refractivity contribution in [3.63, 3.8) is 0 Å². The average Bonchev–Trinajstić information content (AvgIpc) is 3.56. The van der Waals surface area contributed by atoms with Crippen LogP contribution in [0.3, 0.4) is 0 Å². The van der Waals surface area contributed by atoms with Crippen LogP contribution in [-0.4, -0.2) is 70.1 Å². The van der Waals surface area contributed by atoms with Gasteiger partial charge in [-0.2, -0.15) is 0 Å². The minimum atomic E-state index is -0.509. The Morgan fingerprint density at radius 3 is 2.68 bits per heavy atom. The Hall–Kier alpha value is -4.57. The summed E-state index contributed by atoms with van der Waals surface area (Å²) in [7, 11) is 0. The topological polar surface area (TPSA) is 109 Å². The van der Waals surface area contributed by atoms with E-state index in [1.54, 1.807) is 18.6 Å². The fourth-order valence-corrected chi connectivity index (χ4v) is 5.85. The molecule has 3 aromatic rings. The number of hydrogen-bond acceptors (Lipinski definition) is 7. The number of carbonyl (C=O) groups is 3. The number of fused-ring (bicyclic) bond motifs is 1. The van der Waals surface area contributed by atoms with Crippen LogP contribution in [-0.2, 0) is 25.5 Å². The second-order valence-corrected chi connectivity index (χ2v) is 9.69. The van der Waals surface area contributed by atoms with E-state index in [9.17, 15) is 14.4 Å². The number of aliphatic imine (C=N–C) groups is 1. The van der Waals surface area contributed by atoms with E-state index in [-0.39, 0.29) is 17.1 Å². The minimum absolute atomic E-state index is 0.0402. The molecule has 0 bridgehead atoms. The van der Waals surface area contributed by atoms with Crippen molar-refractivity contribution in [3.05, 3.63) is 83.1 Å². The van der Waals surface area contributed by atoms with Gasteiger partial charge in [0.05, 0.1) is 47.6 Å². The van der Waals surface area contributed by atoms with Crippen LogP contribution in [0.2, 0.25) is 0 Å². The maximum absolute atomic E-state index is 13.5. The van der Waals surface area contributed by atoms with Crippen LogP contribution in [0.5, 0.6) is 0 Å². The molecule has 10 nitrogen and oxygen atoms in total. The number of aryl methyl sites for hydroxylation is 1. The van der Waals surface area contributed by atoms with Crippen molar-refractivity contribution >= 4 is 40.3 Å². The molecule has 7 rings (SSSR count). The molecular formula is C28H24N6O4. The highest BCUT2D eigenvalue weighted by Crippen LogP contribution is 2.40. The normalized spacial score (nSPS) is 20.7. The van der Waals surface area contributed by atoms with Gasteiger partial charge in [-0.15, -0.1) is 0 Å². The molecule has 0 spiro atoms. The monoisotopic (exact) mass is 508 g/mol. The summed E-state index contributed by atoms with van der Waals surface area (Å²) in [5.74, 6) is -0.958. The van der Waals surface area contributed by atoms with E-state index in [0.29, 0.717) is 55.3 Å². The molecule has 1 N–H and O–H groups in total. The Bertz CT molecular complexity index is 1640. The first-order valence-corrected chi connectivity index (χ1v) is 12.6. The van der Waals surface area contributed by atoms with E-state index in [1.165, 1.54) is 0 Å². The lowest BCUT2D eigenvalue weighted by atomic mass is 9.94. The van der Waals surface area contributed by atoms with Gasteiger partial charge in [0.1, 0.15) is 11.7 Å². The first-order valence-electron chi connectivity index (χ1n) is 12.6. The standard InChI is InChI=1S/C28H24N6O4/c1-16-4-2-7-21-30-15-20(34(16)21)22-23(27(36)31-26(22)35)24-18-6-3-5-17-14-19(33(25(17)18)9-8-29-24)28(37)32-10-12-38-13-11-32/h2-9,15,19H,10-14H2,1H3,(H,31,35,36). The van der Waals surface area contributed by atoms with Crippen molar-refractivity contribution in [2.24, 2.45) is 4.99 Å². The lowest BCUT2D eigenvalue weighted by Gasteiger charge is -2.32. The van der Waals surface area contributed by atoms with E-state index in [2.05, 4.69) is 15.3 Å². The van der Waals surface area contributed by atoms with Gasteiger partial charge in [-0.25, -0.2) is 4.98 Å². The van der Waals surface area contributed by atoms with Crippen LogP contribution in [0, 0.1) is 6.92 Å². The predicted molar refractivity (Wildman–Crippen MR) is 139 cm³/mol. The smallest absolute Gasteiger partial charge is 0.261 e. The van der Waals surface area contributed by atoms with Crippen molar-refractivity contribution in [2.75, 3.05) is 31.2 Å². The Labute approximate surface area is 217 Å². The average molecular weight is 509 g/mol. The summed E-state index contributed by atoms with van der Waals surface area (Å²) in [6.07, 6.45) is 5.55.